The van der Waals surface area contributed by atoms with E-state index < -0.39 is 0 Å². The maximum atomic E-state index is 11.6. The van der Waals surface area contributed by atoms with Gasteiger partial charge in [0.25, 0.3) is 5.91 Å². The van der Waals surface area contributed by atoms with Crippen molar-refractivity contribution in [3.8, 4) is 17.6 Å². The Kier molecular flexibility index (Phi) is 6.35. The highest BCUT2D eigenvalue weighted by Crippen LogP contribution is 2.08. The molecule has 0 bridgehead atoms. The number of amides is 2. The molecule has 1 aromatic heterocycles. The molecule has 0 aliphatic rings. The number of carbonyl (C=O) groups excluding carboxylic acids is 2. The Morgan fingerprint density at radius 1 is 1.21 bits per heavy atom. The average molecular weight is 323 g/mol. The van der Waals surface area contributed by atoms with Gasteiger partial charge in [-0.2, -0.15) is 0 Å². The number of nitrogens with one attached hydrogen (secondary N) is 2. The van der Waals surface area contributed by atoms with Crippen molar-refractivity contribution in [2.45, 2.75) is 6.92 Å². The highest BCUT2D eigenvalue weighted by molar-refractivity contribution is 5.88. The molecule has 0 saturated carbocycles. The third kappa shape index (κ3) is 6.20. The van der Waals surface area contributed by atoms with E-state index in [1.165, 1.54) is 13.1 Å². The summed E-state index contributed by atoms with van der Waals surface area (Å²) < 4.78 is 5.27. The van der Waals surface area contributed by atoms with Crippen LogP contribution in [0.2, 0.25) is 0 Å². The van der Waals surface area contributed by atoms with E-state index in [1.807, 2.05) is 0 Å². The van der Waals surface area contributed by atoms with Gasteiger partial charge in [0, 0.05) is 24.4 Å². The van der Waals surface area contributed by atoms with Gasteiger partial charge in [-0.05, 0) is 36.4 Å². The van der Waals surface area contributed by atoms with Gasteiger partial charge in [0.05, 0.1) is 12.7 Å². The largest absolute Gasteiger partial charge is 0.482 e. The van der Waals surface area contributed by atoms with Crippen LogP contribution in [0, 0.1) is 11.8 Å². The third-order valence-corrected chi connectivity index (χ3v) is 2.82. The van der Waals surface area contributed by atoms with Crippen LogP contribution < -0.4 is 15.4 Å². The molecule has 2 rings (SSSR count). The molecule has 1 heterocycles. The van der Waals surface area contributed by atoms with E-state index in [-0.39, 0.29) is 25.0 Å². The van der Waals surface area contributed by atoms with Crippen LogP contribution in [-0.4, -0.2) is 29.9 Å². The zero-order valence-corrected chi connectivity index (χ0v) is 13.2. The van der Waals surface area contributed by atoms with Gasteiger partial charge in [-0.1, -0.05) is 11.8 Å². The molecule has 0 fully saturated rings. The molecule has 0 radical (unpaired) electrons. The predicted molar refractivity (Wildman–Crippen MR) is 90.4 cm³/mol. The first-order valence-corrected chi connectivity index (χ1v) is 7.29. The molecule has 0 aliphatic heterocycles. The molecule has 0 atom stereocenters. The number of nitrogens with zero attached hydrogens (tertiary/aromatic N) is 1. The molecule has 0 saturated heterocycles. The number of anilines is 1. The number of ether oxygens (including phenoxy) is 1. The van der Waals surface area contributed by atoms with E-state index in [1.54, 1.807) is 42.6 Å². The third-order valence-electron chi connectivity index (χ3n) is 2.82. The minimum Gasteiger partial charge on any atom is -0.482 e. The molecule has 0 spiro atoms. The minimum atomic E-state index is -0.255. The van der Waals surface area contributed by atoms with Crippen molar-refractivity contribution in [1.29, 1.82) is 0 Å². The fourth-order valence-corrected chi connectivity index (χ4v) is 1.76. The second-order valence-electron chi connectivity index (χ2n) is 4.81. The Morgan fingerprint density at radius 2 is 2.00 bits per heavy atom. The zero-order valence-electron chi connectivity index (χ0n) is 13.2. The van der Waals surface area contributed by atoms with Gasteiger partial charge < -0.3 is 15.4 Å². The van der Waals surface area contributed by atoms with Crippen molar-refractivity contribution >= 4 is 17.5 Å². The molecule has 6 nitrogen and oxygen atoms in total. The number of carbonyl (C=O) groups is 2. The number of hydrogen-bond acceptors (Lipinski definition) is 4. The predicted octanol–water partition coefficient (Wildman–Crippen LogP) is 1.59. The van der Waals surface area contributed by atoms with E-state index >= 15 is 0 Å². The van der Waals surface area contributed by atoms with Gasteiger partial charge in [-0.15, -0.1) is 0 Å². The zero-order chi connectivity index (χ0) is 17.2. The lowest BCUT2D eigenvalue weighted by molar-refractivity contribution is -0.122. The van der Waals surface area contributed by atoms with Crippen LogP contribution >= 0.6 is 0 Å². The summed E-state index contributed by atoms with van der Waals surface area (Å²) in [7, 11) is 0. The number of hydrogen-bond donors (Lipinski definition) is 2. The standard InChI is InChI=1S/C18H17N3O3/c1-14(22)21-16-8-6-15(7-9-16)4-2-11-20-18(23)13-24-17-5-3-10-19-12-17/h3,5-10,12H,11,13H2,1H3,(H,20,23)(H,21,22). The maximum absolute atomic E-state index is 11.6. The van der Waals surface area contributed by atoms with Crippen LogP contribution in [0.4, 0.5) is 5.69 Å². The summed E-state index contributed by atoms with van der Waals surface area (Å²) >= 11 is 0. The molecular weight excluding hydrogens is 306 g/mol. The smallest absolute Gasteiger partial charge is 0.258 e. The van der Waals surface area contributed by atoms with E-state index in [0.717, 1.165) is 5.56 Å². The van der Waals surface area contributed by atoms with Crippen molar-refractivity contribution in [1.82, 2.24) is 10.3 Å². The van der Waals surface area contributed by atoms with Crippen molar-refractivity contribution in [2.24, 2.45) is 0 Å². The molecule has 0 unspecified atom stereocenters. The first kappa shape index (κ1) is 17.0. The van der Waals surface area contributed by atoms with E-state index in [0.29, 0.717) is 11.4 Å². The van der Waals surface area contributed by atoms with Crippen molar-refractivity contribution in [3.63, 3.8) is 0 Å². The second kappa shape index (κ2) is 8.96. The molecule has 1 aromatic carbocycles. The Hall–Kier alpha value is -3.33. The molecule has 122 valence electrons. The van der Waals surface area contributed by atoms with Crippen LogP contribution in [0.1, 0.15) is 12.5 Å². The molecular formula is C18H17N3O3. The summed E-state index contributed by atoms with van der Waals surface area (Å²) in [6.45, 7) is 1.59. The normalized spacial score (nSPS) is 9.38. The Labute approximate surface area is 140 Å². The highest BCUT2D eigenvalue weighted by Gasteiger charge is 2.00. The Morgan fingerprint density at radius 3 is 2.67 bits per heavy atom. The molecule has 0 aliphatic carbocycles. The summed E-state index contributed by atoms with van der Waals surface area (Å²) in [6.07, 6.45) is 3.17. The lowest BCUT2D eigenvalue weighted by Crippen LogP contribution is -2.29. The van der Waals surface area contributed by atoms with E-state index in [2.05, 4.69) is 27.5 Å². The fourth-order valence-electron chi connectivity index (χ4n) is 1.76. The van der Waals surface area contributed by atoms with Crippen LogP contribution in [0.3, 0.4) is 0 Å². The van der Waals surface area contributed by atoms with Crippen LogP contribution in [0.25, 0.3) is 0 Å². The number of aromatic nitrogens is 1. The van der Waals surface area contributed by atoms with Crippen LogP contribution in [-0.2, 0) is 9.59 Å². The monoisotopic (exact) mass is 323 g/mol. The summed E-state index contributed by atoms with van der Waals surface area (Å²) in [5.74, 6) is 5.94. The highest BCUT2D eigenvalue weighted by atomic mass is 16.5. The molecule has 6 heteroatoms. The van der Waals surface area contributed by atoms with Gasteiger partial charge in [0.1, 0.15) is 5.75 Å². The van der Waals surface area contributed by atoms with E-state index in [4.69, 9.17) is 4.74 Å². The fraction of sp³-hybridized carbons (Fsp3) is 0.167. The van der Waals surface area contributed by atoms with E-state index in [9.17, 15) is 9.59 Å². The summed E-state index contributed by atoms with van der Waals surface area (Å²) in [6, 6.07) is 10.6. The first-order chi connectivity index (χ1) is 11.6. The number of pyridine rings is 1. The van der Waals surface area contributed by atoms with Gasteiger partial charge in [0.15, 0.2) is 6.61 Å². The van der Waals surface area contributed by atoms with Crippen molar-refractivity contribution < 1.29 is 14.3 Å². The number of rotatable bonds is 5. The topological polar surface area (TPSA) is 80.3 Å². The van der Waals surface area contributed by atoms with Gasteiger partial charge >= 0.3 is 0 Å². The Balaban J connectivity index is 1.73. The van der Waals surface area contributed by atoms with Gasteiger partial charge in [0.2, 0.25) is 5.91 Å². The maximum Gasteiger partial charge on any atom is 0.258 e. The van der Waals surface area contributed by atoms with Crippen LogP contribution in [0.5, 0.6) is 5.75 Å². The first-order valence-electron chi connectivity index (χ1n) is 7.29. The van der Waals surface area contributed by atoms with Crippen molar-refractivity contribution in [3.05, 3.63) is 54.4 Å². The van der Waals surface area contributed by atoms with Gasteiger partial charge in [-0.25, -0.2) is 0 Å². The summed E-state index contributed by atoms with van der Waals surface area (Å²) in [5.41, 5.74) is 1.51. The number of benzene rings is 1. The quantitative estimate of drug-likeness (QED) is 0.819. The lowest BCUT2D eigenvalue weighted by Gasteiger charge is -2.04. The summed E-state index contributed by atoms with van der Waals surface area (Å²) in [5, 5.41) is 5.32. The Bertz CT molecular complexity index is 747. The van der Waals surface area contributed by atoms with Crippen molar-refractivity contribution in [2.75, 3.05) is 18.5 Å². The van der Waals surface area contributed by atoms with Crippen LogP contribution in [0.15, 0.2) is 48.8 Å². The SMILES string of the molecule is CC(=O)Nc1ccc(C#CCNC(=O)COc2cccnc2)cc1. The molecule has 2 N–H and O–H groups in total. The minimum absolute atomic E-state index is 0.0845. The molecule has 2 amide bonds. The average Bonchev–Trinajstić information content (AvgIpc) is 2.59. The molecule has 2 aromatic rings. The second-order valence-corrected chi connectivity index (χ2v) is 4.81. The lowest BCUT2D eigenvalue weighted by atomic mass is 10.2. The van der Waals surface area contributed by atoms with Gasteiger partial charge in [-0.3, -0.25) is 14.6 Å². The summed E-state index contributed by atoms with van der Waals surface area (Å²) in [4.78, 5) is 26.4. The molecule has 24 heavy (non-hydrogen) atoms.